The fraction of sp³-hybridized carbons (Fsp3) is 0.800. The first-order valence-electron chi connectivity index (χ1n) is 5.15. The highest BCUT2D eigenvalue weighted by atomic mass is 16.6. The SMILES string of the molecule is CC(C)(C)OC(=O)N1C[C@H]2NC(=O)[C@@H]2C1. The van der Waals surface area contributed by atoms with E-state index in [2.05, 4.69) is 5.32 Å². The van der Waals surface area contributed by atoms with Gasteiger partial charge in [0, 0.05) is 13.1 Å². The van der Waals surface area contributed by atoms with E-state index in [1.165, 1.54) is 0 Å². The summed E-state index contributed by atoms with van der Waals surface area (Å²) in [5.41, 5.74) is -0.476. The van der Waals surface area contributed by atoms with Gasteiger partial charge in [-0.1, -0.05) is 0 Å². The Balaban J connectivity index is 1.91. The summed E-state index contributed by atoms with van der Waals surface area (Å²) in [4.78, 5) is 24.3. The minimum absolute atomic E-state index is 0.0162. The first-order valence-corrected chi connectivity index (χ1v) is 5.15. The third-order valence-corrected chi connectivity index (χ3v) is 2.64. The Hall–Kier alpha value is -1.26. The third-order valence-electron chi connectivity index (χ3n) is 2.64. The standard InChI is InChI=1S/C10H16N2O3/c1-10(2,3)15-9(14)12-4-6-7(5-12)11-8(6)13/h6-7H,4-5H2,1-3H3,(H,11,13)/t6-,7-/m1/s1. The highest BCUT2D eigenvalue weighted by Gasteiger charge is 2.48. The van der Waals surface area contributed by atoms with Gasteiger partial charge in [-0.15, -0.1) is 0 Å². The summed E-state index contributed by atoms with van der Waals surface area (Å²) in [7, 11) is 0. The van der Waals surface area contributed by atoms with Gasteiger partial charge in [-0.25, -0.2) is 4.79 Å². The van der Waals surface area contributed by atoms with Crippen LogP contribution < -0.4 is 5.32 Å². The average Bonchev–Trinajstić information content (AvgIpc) is 2.39. The molecule has 0 unspecified atom stereocenters. The molecule has 0 aromatic carbocycles. The van der Waals surface area contributed by atoms with E-state index in [9.17, 15) is 9.59 Å². The summed E-state index contributed by atoms with van der Waals surface area (Å²) < 4.78 is 5.23. The summed E-state index contributed by atoms with van der Waals surface area (Å²) in [5, 5.41) is 2.76. The van der Waals surface area contributed by atoms with Crippen LogP contribution in [0.2, 0.25) is 0 Å². The Bertz CT molecular complexity index is 308. The smallest absolute Gasteiger partial charge is 0.410 e. The van der Waals surface area contributed by atoms with Crippen LogP contribution in [0.25, 0.3) is 0 Å². The van der Waals surface area contributed by atoms with E-state index >= 15 is 0 Å². The van der Waals surface area contributed by atoms with Crippen LogP contribution >= 0.6 is 0 Å². The Morgan fingerprint density at radius 2 is 2.13 bits per heavy atom. The van der Waals surface area contributed by atoms with E-state index in [1.54, 1.807) is 4.90 Å². The van der Waals surface area contributed by atoms with Crippen molar-refractivity contribution in [1.29, 1.82) is 0 Å². The fourth-order valence-electron chi connectivity index (χ4n) is 1.88. The largest absolute Gasteiger partial charge is 0.444 e. The minimum atomic E-state index is -0.476. The topological polar surface area (TPSA) is 58.6 Å². The van der Waals surface area contributed by atoms with Gasteiger partial charge in [-0.2, -0.15) is 0 Å². The van der Waals surface area contributed by atoms with E-state index in [0.29, 0.717) is 13.1 Å². The molecule has 1 N–H and O–H groups in total. The van der Waals surface area contributed by atoms with Gasteiger partial charge in [-0.05, 0) is 20.8 Å². The normalized spacial score (nSPS) is 29.3. The number of likely N-dealkylation sites (tertiary alicyclic amines) is 1. The molecular weight excluding hydrogens is 196 g/mol. The van der Waals surface area contributed by atoms with Gasteiger partial charge in [0.15, 0.2) is 0 Å². The molecule has 0 radical (unpaired) electrons. The number of carbonyl (C=O) groups is 2. The highest BCUT2D eigenvalue weighted by molar-refractivity contribution is 5.88. The molecule has 0 saturated carbocycles. The molecule has 0 aromatic heterocycles. The molecule has 0 bridgehead atoms. The average molecular weight is 212 g/mol. The molecule has 5 nitrogen and oxygen atoms in total. The van der Waals surface area contributed by atoms with Gasteiger partial charge in [0.1, 0.15) is 5.60 Å². The van der Waals surface area contributed by atoms with E-state index in [0.717, 1.165) is 0 Å². The maximum absolute atomic E-state index is 11.7. The molecule has 2 aliphatic rings. The first-order chi connectivity index (χ1) is 6.87. The van der Waals surface area contributed by atoms with Crippen molar-refractivity contribution >= 4 is 12.0 Å². The molecule has 15 heavy (non-hydrogen) atoms. The van der Waals surface area contributed by atoms with Gasteiger partial charge in [-0.3, -0.25) is 4.79 Å². The number of fused-ring (bicyclic) bond motifs is 1. The molecule has 5 heteroatoms. The lowest BCUT2D eigenvalue weighted by Gasteiger charge is -2.28. The molecule has 0 spiro atoms. The zero-order valence-electron chi connectivity index (χ0n) is 9.24. The van der Waals surface area contributed by atoms with Gasteiger partial charge in [0.05, 0.1) is 12.0 Å². The molecule has 84 valence electrons. The summed E-state index contributed by atoms with van der Waals surface area (Å²) in [5.74, 6) is 0.0311. The van der Waals surface area contributed by atoms with Crippen LogP contribution in [0, 0.1) is 5.92 Å². The Morgan fingerprint density at radius 1 is 1.47 bits per heavy atom. The lowest BCUT2D eigenvalue weighted by atomic mass is 9.95. The Morgan fingerprint density at radius 3 is 2.60 bits per heavy atom. The molecule has 2 amide bonds. The van der Waals surface area contributed by atoms with E-state index in [-0.39, 0.29) is 24.0 Å². The second-order valence-electron chi connectivity index (χ2n) is 5.11. The number of rotatable bonds is 0. The van der Waals surface area contributed by atoms with Crippen LogP contribution in [0.4, 0.5) is 4.79 Å². The fourth-order valence-corrected chi connectivity index (χ4v) is 1.88. The third kappa shape index (κ3) is 1.91. The number of hydrogen-bond acceptors (Lipinski definition) is 3. The molecule has 2 saturated heterocycles. The van der Waals surface area contributed by atoms with Crippen molar-refractivity contribution in [2.75, 3.05) is 13.1 Å². The van der Waals surface area contributed by atoms with Crippen LogP contribution in [-0.2, 0) is 9.53 Å². The van der Waals surface area contributed by atoms with Crippen LogP contribution in [0.15, 0.2) is 0 Å². The van der Waals surface area contributed by atoms with Crippen molar-refractivity contribution in [1.82, 2.24) is 10.2 Å². The van der Waals surface area contributed by atoms with Crippen molar-refractivity contribution in [3.05, 3.63) is 0 Å². The quantitative estimate of drug-likeness (QED) is 0.589. The highest BCUT2D eigenvalue weighted by Crippen LogP contribution is 2.25. The van der Waals surface area contributed by atoms with Crippen LogP contribution in [0.1, 0.15) is 20.8 Å². The van der Waals surface area contributed by atoms with Gasteiger partial charge >= 0.3 is 6.09 Å². The molecule has 2 fully saturated rings. The van der Waals surface area contributed by atoms with E-state index in [1.807, 2.05) is 20.8 Å². The van der Waals surface area contributed by atoms with Gasteiger partial charge in [0.2, 0.25) is 5.91 Å². The van der Waals surface area contributed by atoms with Gasteiger partial charge in [0.25, 0.3) is 0 Å². The number of carbonyl (C=O) groups excluding carboxylic acids is 2. The minimum Gasteiger partial charge on any atom is -0.444 e. The number of nitrogens with zero attached hydrogens (tertiary/aromatic N) is 1. The first kappa shape index (κ1) is 10.3. The number of nitrogens with one attached hydrogen (secondary N) is 1. The zero-order chi connectivity index (χ0) is 11.2. The van der Waals surface area contributed by atoms with Crippen molar-refractivity contribution < 1.29 is 14.3 Å². The van der Waals surface area contributed by atoms with Crippen molar-refractivity contribution in [3.8, 4) is 0 Å². The molecular formula is C10H16N2O3. The summed E-state index contributed by atoms with van der Waals surface area (Å²) in [6.45, 7) is 6.56. The number of ether oxygens (including phenoxy) is 1. The van der Waals surface area contributed by atoms with E-state index < -0.39 is 5.60 Å². The van der Waals surface area contributed by atoms with Crippen molar-refractivity contribution in [2.24, 2.45) is 5.92 Å². The van der Waals surface area contributed by atoms with E-state index in [4.69, 9.17) is 4.74 Å². The molecule has 2 rings (SSSR count). The van der Waals surface area contributed by atoms with Crippen LogP contribution in [-0.4, -0.2) is 41.6 Å². The second-order valence-corrected chi connectivity index (χ2v) is 5.11. The second kappa shape index (κ2) is 3.12. The lowest BCUT2D eigenvalue weighted by Crippen LogP contribution is -2.57. The number of β-lactam (4-membered cyclic amide) rings is 1. The zero-order valence-corrected chi connectivity index (χ0v) is 9.24. The number of amides is 2. The Kier molecular flexibility index (Phi) is 2.13. The predicted octanol–water partition coefficient (Wildman–Crippen LogP) is 0.352. The predicted molar refractivity (Wildman–Crippen MR) is 53.2 cm³/mol. The summed E-state index contributed by atoms with van der Waals surface area (Å²) in [6.07, 6.45) is -0.327. The molecule has 0 aliphatic carbocycles. The number of hydrogen-bond donors (Lipinski definition) is 1. The maximum Gasteiger partial charge on any atom is 0.410 e. The van der Waals surface area contributed by atoms with Crippen molar-refractivity contribution in [3.63, 3.8) is 0 Å². The molecule has 2 atom stereocenters. The van der Waals surface area contributed by atoms with Crippen LogP contribution in [0.3, 0.4) is 0 Å². The lowest BCUT2D eigenvalue weighted by molar-refractivity contribution is -0.132. The Labute approximate surface area is 88.8 Å². The van der Waals surface area contributed by atoms with Gasteiger partial charge < -0.3 is 15.0 Å². The van der Waals surface area contributed by atoms with Crippen molar-refractivity contribution in [2.45, 2.75) is 32.4 Å². The maximum atomic E-state index is 11.7. The molecule has 0 aromatic rings. The van der Waals surface area contributed by atoms with Crippen LogP contribution in [0.5, 0.6) is 0 Å². The summed E-state index contributed by atoms with van der Waals surface area (Å²) >= 11 is 0. The monoisotopic (exact) mass is 212 g/mol. The summed E-state index contributed by atoms with van der Waals surface area (Å²) in [6, 6.07) is 0.144. The molecule has 2 heterocycles. The molecule has 2 aliphatic heterocycles.